The number of rotatable bonds is 7. The van der Waals surface area contributed by atoms with E-state index in [1.54, 1.807) is 12.1 Å². The zero-order valence-electron chi connectivity index (χ0n) is 18.0. The smallest absolute Gasteiger partial charge is 0.415 e. The summed E-state index contributed by atoms with van der Waals surface area (Å²) in [5, 5.41) is 2.41. The summed E-state index contributed by atoms with van der Waals surface area (Å²) >= 11 is 0. The Morgan fingerprint density at radius 3 is 2.63 bits per heavy atom. The van der Waals surface area contributed by atoms with Gasteiger partial charge >= 0.3 is 12.3 Å². The molecule has 0 saturated carbocycles. The van der Waals surface area contributed by atoms with Gasteiger partial charge in [-0.05, 0) is 60.9 Å². The summed E-state index contributed by atoms with van der Waals surface area (Å²) in [6.45, 7) is 7.88. The van der Waals surface area contributed by atoms with Gasteiger partial charge in [-0.1, -0.05) is 26.8 Å². The van der Waals surface area contributed by atoms with Crippen LogP contribution in [0.25, 0.3) is 5.57 Å². The molecule has 8 heteroatoms. The molecule has 0 bridgehead atoms. The average molecular weight is 426 g/mol. The van der Waals surface area contributed by atoms with Crippen LogP contribution in [-0.2, 0) is 9.47 Å². The van der Waals surface area contributed by atoms with E-state index in [1.807, 2.05) is 6.92 Å². The van der Waals surface area contributed by atoms with Gasteiger partial charge in [0.15, 0.2) is 0 Å². The first-order valence-corrected chi connectivity index (χ1v) is 9.89. The van der Waals surface area contributed by atoms with Crippen molar-refractivity contribution in [2.75, 3.05) is 19.0 Å². The Bertz CT molecular complexity index is 818. The number of nitrogens with one attached hydrogen (secondary N) is 1. The van der Waals surface area contributed by atoms with Crippen LogP contribution in [0.5, 0.6) is 0 Å². The van der Waals surface area contributed by atoms with Crippen LogP contribution in [0, 0.1) is 11.8 Å². The summed E-state index contributed by atoms with van der Waals surface area (Å²) in [6, 6.07) is 3.09. The van der Waals surface area contributed by atoms with Gasteiger partial charge in [-0.2, -0.15) is 13.2 Å². The lowest BCUT2D eigenvalue weighted by Gasteiger charge is -2.36. The molecule has 0 fully saturated rings. The van der Waals surface area contributed by atoms with Crippen LogP contribution in [-0.4, -0.2) is 36.6 Å². The number of aromatic nitrogens is 1. The number of carbonyl (C=O) groups is 1. The number of anilines is 1. The van der Waals surface area contributed by atoms with Crippen molar-refractivity contribution >= 4 is 17.5 Å². The van der Waals surface area contributed by atoms with Crippen molar-refractivity contribution in [1.82, 2.24) is 4.98 Å². The number of allylic oxidation sites excluding steroid dienone is 2. The maximum atomic E-state index is 13.9. The van der Waals surface area contributed by atoms with Crippen LogP contribution in [0.15, 0.2) is 36.1 Å². The van der Waals surface area contributed by atoms with Gasteiger partial charge in [-0.25, -0.2) is 9.78 Å². The van der Waals surface area contributed by atoms with Gasteiger partial charge in [0, 0.05) is 6.20 Å². The van der Waals surface area contributed by atoms with Gasteiger partial charge in [0.2, 0.25) is 0 Å². The number of hydrogen-bond acceptors (Lipinski definition) is 4. The summed E-state index contributed by atoms with van der Waals surface area (Å²) in [5.41, 5.74) is -1.27. The van der Waals surface area contributed by atoms with Crippen molar-refractivity contribution in [3.63, 3.8) is 0 Å². The fourth-order valence-electron chi connectivity index (χ4n) is 3.53. The molecule has 1 heterocycles. The van der Waals surface area contributed by atoms with E-state index in [1.165, 1.54) is 26.3 Å². The number of methoxy groups -OCH3 is 1. The fourth-order valence-corrected chi connectivity index (χ4v) is 3.53. The van der Waals surface area contributed by atoms with Gasteiger partial charge in [-0.3, -0.25) is 5.32 Å². The molecule has 1 N–H and O–H groups in total. The average Bonchev–Trinajstić information content (AvgIpc) is 2.65. The molecule has 166 valence electrons. The van der Waals surface area contributed by atoms with Crippen molar-refractivity contribution in [1.29, 1.82) is 0 Å². The number of carbonyl (C=O) groups excluding carboxylic acids is 1. The summed E-state index contributed by atoms with van der Waals surface area (Å²) in [7, 11) is 1.21. The van der Waals surface area contributed by atoms with Crippen molar-refractivity contribution < 1.29 is 27.4 Å². The summed E-state index contributed by atoms with van der Waals surface area (Å²) in [4.78, 5) is 15.4. The molecule has 1 aliphatic rings. The molecule has 0 radical (unpaired) electrons. The summed E-state index contributed by atoms with van der Waals surface area (Å²) in [6.07, 6.45) is -0.0107. The minimum Gasteiger partial charge on any atom is -0.453 e. The molecule has 5 nitrogen and oxygen atoms in total. The summed E-state index contributed by atoms with van der Waals surface area (Å²) in [5.74, 6) is 0.800. The van der Waals surface area contributed by atoms with Gasteiger partial charge < -0.3 is 9.47 Å². The Balaban J connectivity index is 2.27. The Morgan fingerprint density at radius 1 is 1.33 bits per heavy atom. The maximum Gasteiger partial charge on any atom is 0.415 e. The molecule has 1 aromatic rings. The molecule has 30 heavy (non-hydrogen) atoms. The van der Waals surface area contributed by atoms with Gasteiger partial charge in [0.25, 0.3) is 0 Å². The standard InChI is InChI=1S/C22H29F3N2O3/c1-14(2)10-15(3)13-30-21(4)8-6-16(11-18(21)22(23,24)25)17-7-9-26-19(12-17)27-20(28)29-5/h6-7,9,11-12,14-15H,8,10,13H2,1-5H3,(H,26,27,28)/t15-,21+/m1/s1. The number of pyridine rings is 1. The van der Waals surface area contributed by atoms with Crippen LogP contribution >= 0.6 is 0 Å². The molecule has 0 aliphatic heterocycles. The lowest BCUT2D eigenvalue weighted by Crippen LogP contribution is -2.40. The maximum absolute atomic E-state index is 13.9. The number of hydrogen-bond donors (Lipinski definition) is 1. The highest BCUT2D eigenvalue weighted by Gasteiger charge is 2.47. The van der Waals surface area contributed by atoms with Crippen molar-refractivity contribution in [3.05, 3.63) is 41.6 Å². The summed E-state index contributed by atoms with van der Waals surface area (Å²) < 4.78 is 52.0. The number of amides is 1. The van der Waals surface area contributed by atoms with Crippen LogP contribution in [0.2, 0.25) is 0 Å². The molecule has 2 atom stereocenters. The lowest BCUT2D eigenvalue weighted by atomic mass is 9.83. The van der Waals surface area contributed by atoms with E-state index in [4.69, 9.17) is 4.74 Å². The highest BCUT2D eigenvalue weighted by molar-refractivity contribution is 5.85. The van der Waals surface area contributed by atoms with Crippen molar-refractivity contribution in [3.8, 4) is 0 Å². The number of alkyl halides is 3. The number of ether oxygens (including phenoxy) is 2. The first-order valence-electron chi connectivity index (χ1n) is 9.89. The van der Waals surface area contributed by atoms with Crippen molar-refractivity contribution in [2.24, 2.45) is 11.8 Å². The Morgan fingerprint density at radius 2 is 2.03 bits per heavy atom. The fraction of sp³-hybridized carbons (Fsp3) is 0.545. The molecule has 1 amide bonds. The highest BCUT2D eigenvalue weighted by Crippen LogP contribution is 2.44. The van der Waals surface area contributed by atoms with E-state index in [9.17, 15) is 18.0 Å². The van der Waals surface area contributed by atoms with Gasteiger partial charge in [0.1, 0.15) is 5.82 Å². The van der Waals surface area contributed by atoms with Crippen molar-refractivity contribution in [2.45, 2.75) is 52.3 Å². The monoisotopic (exact) mass is 426 g/mol. The van der Waals surface area contributed by atoms with Gasteiger partial charge in [-0.15, -0.1) is 0 Å². The topological polar surface area (TPSA) is 60.5 Å². The quantitative estimate of drug-likeness (QED) is 0.581. The molecule has 0 spiro atoms. The van der Waals surface area contributed by atoms with E-state index >= 15 is 0 Å². The predicted molar refractivity (Wildman–Crippen MR) is 110 cm³/mol. The minimum atomic E-state index is -4.53. The third kappa shape index (κ3) is 6.32. The Labute approximate surface area is 175 Å². The van der Waals surface area contributed by atoms with E-state index in [-0.39, 0.29) is 24.8 Å². The minimum absolute atomic E-state index is 0.0875. The first-order chi connectivity index (χ1) is 13.9. The Hall–Kier alpha value is -2.35. The van der Waals surface area contributed by atoms with Gasteiger partial charge in [0.05, 0.1) is 24.9 Å². The molecule has 1 aliphatic carbocycles. The molecule has 1 aromatic heterocycles. The predicted octanol–water partition coefficient (Wildman–Crippen LogP) is 5.99. The first kappa shape index (κ1) is 23.9. The van der Waals surface area contributed by atoms with Crippen LogP contribution in [0.1, 0.15) is 46.1 Å². The molecular weight excluding hydrogens is 397 g/mol. The second kappa shape index (κ2) is 9.64. The second-order valence-electron chi connectivity index (χ2n) is 8.24. The van der Waals surface area contributed by atoms with Crippen LogP contribution in [0.3, 0.4) is 0 Å². The van der Waals surface area contributed by atoms with E-state index in [0.717, 1.165) is 12.5 Å². The molecule has 0 aromatic carbocycles. The zero-order valence-corrected chi connectivity index (χ0v) is 18.0. The van der Waals surface area contributed by atoms with E-state index in [2.05, 4.69) is 28.9 Å². The third-order valence-electron chi connectivity index (χ3n) is 4.96. The molecule has 0 saturated heterocycles. The SMILES string of the molecule is COC(=O)Nc1cc(C2=CC[C@](C)(OC[C@H](C)CC(C)C)C(C(F)(F)F)=C2)ccn1. The van der Waals surface area contributed by atoms with E-state index in [0.29, 0.717) is 17.1 Å². The van der Waals surface area contributed by atoms with Crippen LogP contribution < -0.4 is 5.32 Å². The number of halogens is 3. The largest absolute Gasteiger partial charge is 0.453 e. The Kier molecular flexibility index (Phi) is 7.69. The van der Waals surface area contributed by atoms with Crippen LogP contribution in [0.4, 0.5) is 23.8 Å². The number of nitrogens with zero attached hydrogens (tertiary/aromatic N) is 1. The second-order valence-corrected chi connectivity index (χ2v) is 8.24. The van der Waals surface area contributed by atoms with E-state index < -0.39 is 23.4 Å². The molecular formula is C22H29F3N2O3. The molecule has 0 unspecified atom stereocenters. The normalized spacial score (nSPS) is 20.4. The molecule has 2 rings (SSSR count). The third-order valence-corrected chi connectivity index (χ3v) is 4.96. The zero-order chi connectivity index (χ0) is 22.5. The highest BCUT2D eigenvalue weighted by atomic mass is 19.4. The lowest BCUT2D eigenvalue weighted by molar-refractivity contribution is -0.132.